The van der Waals surface area contributed by atoms with Crippen LogP contribution in [-0.2, 0) is 59.6 Å². The highest BCUT2D eigenvalue weighted by Crippen LogP contribution is 2.39. The summed E-state index contributed by atoms with van der Waals surface area (Å²) in [6.07, 6.45) is 14.5. The Morgan fingerprint density at radius 2 is 0.961 bits per heavy atom. The number of ether oxygens (including phenoxy) is 1. The Balaban J connectivity index is 0.788. The number of nitrogens with zero attached hydrogens (tertiary/aromatic N) is 8. The summed E-state index contributed by atoms with van der Waals surface area (Å²) in [6.45, 7) is 3.78. The van der Waals surface area contributed by atoms with Gasteiger partial charge in [-0.1, -0.05) is 59.0 Å². The number of likely N-dealkylation sites (N-methyl/N-ethyl adjacent to an activating group) is 2. The molecule has 0 spiro atoms. The molecule has 21 nitrogen and oxygen atoms in total. The lowest BCUT2D eigenvalue weighted by Gasteiger charge is -2.38. The Kier molecular flexibility index (Phi) is 16.8. The fraction of sp³-hybridized carbons (Fsp3) is 0.607. The van der Waals surface area contributed by atoms with Gasteiger partial charge in [-0.25, -0.2) is 9.36 Å². The number of rotatable bonds is 16. The van der Waals surface area contributed by atoms with Gasteiger partial charge in [-0.15, -0.1) is 10.2 Å². The highest BCUT2D eigenvalue weighted by Gasteiger charge is 2.48. The van der Waals surface area contributed by atoms with Gasteiger partial charge in [-0.3, -0.25) is 28.8 Å². The molecule has 4 fully saturated rings. The van der Waals surface area contributed by atoms with E-state index in [-0.39, 0.29) is 84.9 Å². The molecule has 2 aliphatic carbocycles. The maximum absolute atomic E-state index is 14.5. The Bertz CT molecular complexity index is 2600. The van der Waals surface area contributed by atoms with Gasteiger partial charge in [0.2, 0.25) is 35.4 Å². The number of amides is 6. The average molecular weight is 1060 g/mol. The van der Waals surface area contributed by atoms with Crippen LogP contribution in [0.5, 0.6) is 0 Å². The van der Waals surface area contributed by atoms with E-state index in [0.29, 0.717) is 75.6 Å². The van der Waals surface area contributed by atoms with Gasteiger partial charge in [-0.2, -0.15) is 0 Å². The molecular weight excluding hydrogens is 981 g/mol. The molecule has 21 heteroatoms. The SMILES string of the molecule is CN[C@@H](C)C(=O)N[C@H]1CCC(n2cc(COCc3cn(C4CC[C@H](NC(=O)[C@H](C)NC)C(=O)N5[C@H](CC[C@H]5C(=O)N[C@@H]5CCCc6ccccc65)C4)nn3)nn2)C[C@H]2CC[C@@H](C(=O)N[C@@H]3CCCc4ccccc43)N2C1=O. The molecule has 412 valence electrons. The maximum Gasteiger partial charge on any atom is 0.246 e. The summed E-state index contributed by atoms with van der Waals surface area (Å²) in [5.74, 6) is -1.37. The third-order valence-electron chi connectivity index (χ3n) is 17.4. The predicted octanol–water partition coefficient (Wildman–Crippen LogP) is 3.33. The van der Waals surface area contributed by atoms with E-state index in [1.165, 1.54) is 11.1 Å². The van der Waals surface area contributed by atoms with Gasteiger partial charge >= 0.3 is 0 Å². The van der Waals surface area contributed by atoms with Crippen LogP contribution in [0.25, 0.3) is 0 Å². The van der Waals surface area contributed by atoms with Crippen molar-refractivity contribution in [2.75, 3.05) is 14.1 Å². The zero-order valence-electron chi connectivity index (χ0n) is 44.9. The van der Waals surface area contributed by atoms with Crippen molar-refractivity contribution in [3.8, 4) is 0 Å². The van der Waals surface area contributed by atoms with Crippen molar-refractivity contribution >= 4 is 35.4 Å². The van der Waals surface area contributed by atoms with E-state index < -0.39 is 36.3 Å². The lowest BCUT2D eigenvalue weighted by Crippen LogP contribution is -2.58. The molecule has 0 bridgehead atoms. The third kappa shape index (κ3) is 11.8. The molecule has 12 atom stereocenters. The molecule has 6 aliphatic rings. The Labute approximate surface area is 450 Å². The van der Waals surface area contributed by atoms with Crippen molar-refractivity contribution in [3.63, 3.8) is 0 Å². The maximum atomic E-state index is 14.5. The summed E-state index contributed by atoms with van der Waals surface area (Å²) >= 11 is 0. The molecule has 4 aliphatic heterocycles. The average Bonchev–Trinajstić information content (AvgIpc) is 4.31. The number of nitrogens with one attached hydrogen (secondary N) is 6. The fourth-order valence-corrected chi connectivity index (χ4v) is 12.9. The molecule has 2 unspecified atom stereocenters. The van der Waals surface area contributed by atoms with Crippen molar-refractivity contribution < 1.29 is 33.5 Å². The van der Waals surface area contributed by atoms with Gasteiger partial charge in [0.25, 0.3) is 0 Å². The first-order valence-electron chi connectivity index (χ1n) is 28.1. The van der Waals surface area contributed by atoms with Crippen molar-refractivity contribution in [1.82, 2.24) is 71.7 Å². The molecule has 6 heterocycles. The van der Waals surface area contributed by atoms with Crippen LogP contribution in [0.4, 0.5) is 0 Å². The molecule has 2 aromatic heterocycles. The monoisotopic (exact) mass is 1060 g/mol. The van der Waals surface area contributed by atoms with Gasteiger partial charge in [0, 0.05) is 12.1 Å². The second-order valence-electron chi connectivity index (χ2n) is 22.2. The van der Waals surface area contributed by atoms with E-state index in [1.807, 2.05) is 46.0 Å². The largest absolute Gasteiger partial charge is 0.369 e. The van der Waals surface area contributed by atoms with E-state index in [1.54, 1.807) is 37.7 Å². The molecule has 4 aromatic rings. The van der Waals surface area contributed by atoms with Gasteiger partial charge in [0.15, 0.2) is 0 Å². The topological polar surface area (TPSA) is 252 Å². The minimum Gasteiger partial charge on any atom is -0.369 e. The van der Waals surface area contributed by atoms with Crippen molar-refractivity contribution in [2.45, 2.75) is 202 Å². The van der Waals surface area contributed by atoms with Crippen LogP contribution in [0.15, 0.2) is 60.9 Å². The zero-order valence-corrected chi connectivity index (χ0v) is 44.9. The van der Waals surface area contributed by atoms with Gasteiger partial charge in [-0.05, 0) is 153 Å². The zero-order chi connectivity index (χ0) is 53.7. The molecule has 6 amide bonds. The predicted molar refractivity (Wildman–Crippen MR) is 283 cm³/mol. The lowest BCUT2D eigenvalue weighted by molar-refractivity contribution is -0.145. The van der Waals surface area contributed by atoms with E-state index in [2.05, 4.69) is 76.8 Å². The lowest BCUT2D eigenvalue weighted by atomic mass is 9.87. The molecule has 2 aromatic carbocycles. The molecule has 0 radical (unpaired) electrons. The van der Waals surface area contributed by atoms with Crippen LogP contribution in [0.3, 0.4) is 0 Å². The van der Waals surface area contributed by atoms with Crippen molar-refractivity contribution in [1.29, 1.82) is 0 Å². The number of carbonyl (C=O) groups excluding carboxylic acids is 6. The summed E-state index contributed by atoms with van der Waals surface area (Å²) < 4.78 is 9.82. The van der Waals surface area contributed by atoms with Crippen LogP contribution in [0.2, 0.25) is 0 Å². The first kappa shape index (κ1) is 53.8. The standard InChI is InChI=1S/C56H76N14O7/c1-33(57-3)51(71)61-47-23-19-39(27-41-21-25-49(69(41)55(47)75)53(73)59-45-17-9-13-35-11-5-7-15-43(35)45)67-29-37(63-65-67)31-77-32-38-30-68(66-64-38)40-20-24-48(62-52(72)34(2)58-4)56(76)70-42(28-40)22-26-50(70)54(74)60-46-18-10-14-36-12-6-8-16-44(36)46/h5-8,11-12,15-16,29-30,33-34,39-42,45-50,57-58H,9-10,13-14,17-28,31-32H2,1-4H3,(H,59,73)(H,60,74)(H,61,71)(H,62,72)/t33-,34-,39?,40?,41+,42+,45+,46+,47-,48-,49-,50-/m0/s1. The van der Waals surface area contributed by atoms with Gasteiger partial charge < -0.3 is 46.4 Å². The Hall–Kier alpha value is -6.58. The fourth-order valence-electron chi connectivity index (χ4n) is 12.9. The van der Waals surface area contributed by atoms with Gasteiger partial charge in [0.05, 0.1) is 61.9 Å². The number of hydrogen-bond acceptors (Lipinski definition) is 13. The summed E-state index contributed by atoms with van der Waals surface area (Å²) in [5.41, 5.74) is 5.96. The summed E-state index contributed by atoms with van der Waals surface area (Å²) in [7, 11) is 3.40. The quantitative estimate of drug-likeness (QED) is 0.0944. The van der Waals surface area contributed by atoms with Gasteiger partial charge in [0.1, 0.15) is 35.6 Å². The summed E-state index contributed by atoms with van der Waals surface area (Å²) in [4.78, 5) is 87.4. The van der Waals surface area contributed by atoms with Crippen molar-refractivity contribution in [3.05, 3.63) is 94.6 Å². The molecule has 0 saturated carbocycles. The summed E-state index contributed by atoms with van der Waals surface area (Å²) in [6, 6.07) is 11.4. The number of carbonyl (C=O) groups is 6. The molecule has 6 N–H and O–H groups in total. The second-order valence-corrected chi connectivity index (χ2v) is 22.2. The number of aromatic nitrogens is 6. The minimum absolute atomic E-state index is 0.125. The molecule has 77 heavy (non-hydrogen) atoms. The first-order chi connectivity index (χ1) is 37.4. The number of fused-ring (bicyclic) bond motifs is 4. The number of aryl methyl sites for hydroxylation is 2. The Morgan fingerprint density at radius 1 is 0.545 bits per heavy atom. The number of hydrogen-bond donors (Lipinski definition) is 6. The van der Waals surface area contributed by atoms with E-state index in [4.69, 9.17) is 4.74 Å². The highest BCUT2D eigenvalue weighted by atomic mass is 16.5. The van der Waals surface area contributed by atoms with Crippen LogP contribution in [0.1, 0.15) is 162 Å². The second kappa shape index (κ2) is 24.0. The normalized spacial score (nSPS) is 28.1. The van der Waals surface area contributed by atoms with Crippen LogP contribution >= 0.6 is 0 Å². The number of benzene rings is 2. The molecule has 4 saturated heterocycles. The van der Waals surface area contributed by atoms with E-state index >= 15 is 0 Å². The van der Waals surface area contributed by atoms with E-state index in [0.717, 1.165) is 49.7 Å². The van der Waals surface area contributed by atoms with E-state index in [9.17, 15) is 28.8 Å². The van der Waals surface area contributed by atoms with Crippen LogP contribution in [-0.4, -0.2) is 138 Å². The highest BCUT2D eigenvalue weighted by molar-refractivity contribution is 5.95. The smallest absolute Gasteiger partial charge is 0.246 e. The minimum atomic E-state index is -0.822. The third-order valence-corrected chi connectivity index (χ3v) is 17.4. The molecule has 10 rings (SSSR count). The van der Waals surface area contributed by atoms with Crippen molar-refractivity contribution in [2.24, 2.45) is 0 Å². The van der Waals surface area contributed by atoms with Crippen LogP contribution in [0, 0.1) is 0 Å². The first-order valence-corrected chi connectivity index (χ1v) is 28.1. The van der Waals surface area contributed by atoms with Crippen LogP contribution < -0.4 is 31.9 Å². The Morgan fingerprint density at radius 3 is 1.39 bits per heavy atom. The molecular formula is C56H76N14O7. The summed E-state index contributed by atoms with van der Waals surface area (Å²) in [5, 5.41) is 36.6.